The molecule has 0 aliphatic carbocycles. The number of carbonyl (C=O) groups is 1. The summed E-state index contributed by atoms with van der Waals surface area (Å²) in [6, 6.07) is 18.9. The molecule has 8 heteroatoms. The van der Waals surface area contributed by atoms with E-state index in [-0.39, 0.29) is 30.5 Å². The molecule has 8 nitrogen and oxygen atoms in total. The number of benzene rings is 2. The molecule has 2 N–H and O–H groups in total. The van der Waals surface area contributed by atoms with E-state index in [0.717, 1.165) is 33.7 Å². The molecule has 2 aromatic heterocycles. The summed E-state index contributed by atoms with van der Waals surface area (Å²) in [6.07, 6.45) is 1.66. The van der Waals surface area contributed by atoms with E-state index in [9.17, 15) is 14.9 Å². The molecule has 0 saturated heterocycles. The number of nitrogens with one attached hydrogen (secondary N) is 2. The molecule has 0 aliphatic heterocycles. The van der Waals surface area contributed by atoms with Crippen LogP contribution in [0.15, 0.2) is 65.6 Å². The zero-order valence-electron chi connectivity index (χ0n) is 22.9. The number of aromatic nitrogens is 2. The lowest BCUT2D eigenvalue weighted by Gasteiger charge is -2.26. The summed E-state index contributed by atoms with van der Waals surface area (Å²) >= 11 is 0. The van der Waals surface area contributed by atoms with Gasteiger partial charge in [-0.05, 0) is 76.6 Å². The van der Waals surface area contributed by atoms with Crippen LogP contribution in [0, 0.1) is 11.3 Å². The number of urea groups is 1. The van der Waals surface area contributed by atoms with Gasteiger partial charge >= 0.3 is 6.03 Å². The second-order valence-electron chi connectivity index (χ2n) is 9.99. The van der Waals surface area contributed by atoms with Crippen LogP contribution >= 0.6 is 0 Å². The van der Waals surface area contributed by atoms with E-state index in [1.807, 2.05) is 30.3 Å². The number of aromatic amines is 1. The van der Waals surface area contributed by atoms with Crippen molar-refractivity contribution in [2.75, 3.05) is 23.9 Å². The highest BCUT2D eigenvalue weighted by Crippen LogP contribution is 2.38. The van der Waals surface area contributed by atoms with Gasteiger partial charge in [-0.3, -0.25) is 9.69 Å². The Morgan fingerprint density at radius 1 is 1.05 bits per heavy atom. The number of nitriles is 1. The fourth-order valence-electron chi connectivity index (χ4n) is 4.60. The number of nitrogens with zero attached hydrogens (tertiary/aromatic N) is 3. The van der Waals surface area contributed by atoms with Gasteiger partial charge in [0.25, 0.3) is 5.56 Å². The highest BCUT2D eigenvalue weighted by Gasteiger charge is 2.24. The van der Waals surface area contributed by atoms with Crippen molar-refractivity contribution in [3.63, 3.8) is 0 Å². The molecule has 4 rings (SSSR count). The summed E-state index contributed by atoms with van der Waals surface area (Å²) in [6.45, 7) is 8.39. The van der Waals surface area contributed by atoms with Gasteiger partial charge in [-0.1, -0.05) is 39.8 Å². The third-order valence-electron chi connectivity index (χ3n) is 6.66. The molecular formula is C31H33N5O3. The number of anilines is 2. The summed E-state index contributed by atoms with van der Waals surface area (Å²) in [7, 11) is 1.64. The van der Waals surface area contributed by atoms with Crippen molar-refractivity contribution >= 4 is 28.4 Å². The van der Waals surface area contributed by atoms with Gasteiger partial charge in [0.05, 0.1) is 19.6 Å². The minimum absolute atomic E-state index is 0.0626. The number of methoxy groups -OCH3 is 1. The number of H-pyrrole nitrogens is 1. The SMILES string of the molecule is COc1cccc(-c2cc(C(C)C)c(NC(=O)N(CCC#N)c3cc4cccnc4[nH]c3=O)c(C(C)C)c2)c1. The number of ether oxygens (including phenoxy) is 1. The fraction of sp³-hybridized carbons (Fsp3) is 0.290. The first kappa shape index (κ1) is 27.4. The van der Waals surface area contributed by atoms with Crippen LogP contribution in [0.5, 0.6) is 5.75 Å². The number of carbonyl (C=O) groups excluding carboxylic acids is 1. The van der Waals surface area contributed by atoms with E-state index in [0.29, 0.717) is 11.0 Å². The third-order valence-corrected chi connectivity index (χ3v) is 6.66. The monoisotopic (exact) mass is 523 g/mol. The van der Waals surface area contributed by atoms with Gasteiger partial charge in [0.1, 0.15) is 17.1 Å². The van der Waals surface area contributed by atoms with Gasteiger partial charge in [-0.2, -0.15) is 5.26 Å². The normalized spacial score (nSPS) is 11.0. The summed E-state index contributed by atoms with van der Waals surface area (Å²) in [5.74, 6) is 0.975. The highest BCUT2D eigenvalue weighted by atomic mass is 16.5. The molecule has 2 heterocycles. The molecule has 0 aliphatic rings. The number of rotatable bonds is 8. The molecule has 0 radical (unpaired) electrons. The largest absolute Gasteiger partial charge is 0.497 e. The second-order valence-corrected chi connectivity index (χ2v) is 9.99. The predicted octanol–water partition coefficient (Wildman–Crippen LogP) is 6.80. The van der Waals surface area contributed by atoms with Crippen molar-refractivity contribution in [2.24, 2.45) is 0 Å². The Balaban J connectivity index is 1.80. The first-order valence-corrected chi connectivity index (χ1v) is 13.0. The van der Waals surface area contributed by atoms with Gasteiger partial charge in [-0.15, -0.1) is 0 Å². The second kappa shape index (κ2) is 11.8. The Kier molecular flexibility index (Phi) is 8.30. The Bertz CT molecular complexity index is 1570. The van der Waals surface area contributed by atoms with E-state index >= 15 is 0 Å². The lowest BCUT2D eigenvalue weighted by Crippen LogP contribution is -2.39. The summed E-state index contributed by atoms with van der Waals surface area (Å²) in [4.78, 5) is 35.1. The van der Waals surface area contributed by atoms with E-state index in [1.54, 1.807) is 25.4 Å². The van der Waals surface area contributed by atoms with Gasteiger partial charge < -0.3 is 15.0 Å². The van der Waals surface area contributed by atoms with E-state index in [1.165, 1.54) is 4.90 Å². The molecule has 2 aromatic carbocycles. The molecule has 0 spiro atoms. The van der Waals surface area contributed by atoms with Crippen molar-refractivity contribution < 1.29 is 9.53 Å². The van der Waals surface area contributed by atoms with Gasteiger partial charge in [-0.25, -0.2) is 9.78 Å². The zero-order chi connectivity index (χ0) is 28.1. The number of pyridine rings is 2. The molecular weight excluding hydrogens is 490 g/mol. The molecule has 0 bridgehead atoms. The average Bonchev–Trinajstić information content (AvgIpc) is 2.93. The van der Waals surface area contributed by atoms with Crippen LogP contribution in [0.2, 0.25) is 0 Å². The summed E-state index contributed by atoms with van der Waals surface area (Å²) < 4.78 is 5.43. The van der Waals surface area contributed by atoms with Crippen molar-refractivity contribution in [1.82, 2.24) is 9.97 Å². The topological polar surface area (TPSA) is 111 Å². The quantitative estimate of drug-likeness (QED) is 0.264. The van der Waals surface area contributed by atoms with Crippen LogP contribution in [-0.4, -0.2) is 29.7 Å². The Morgan fingerprint density at radius 2 is 1.77 bits per heavy atom. The predicted molar refractivity (Wildman–Crippen MR) is 156 cm³/mol. The number of hydrogen-bond donors (Lipinski definition) is 2. The smallest absolute Gasteiger partial charge is 0.326 e. The maximum atomic E-state index is 13.8. The van der Waals surface area contributed by atoms with E-state index in [2.05, 4.69) is 61.2 Å². The maximum absolute atomic E-state index is 13.8. The van der Waals surface area contributed by atoms with Gasteiger partial charge in [0.15, 0.2) is 0 Å². The maximum Gasteiger partial charge on any atom is 0.326 e. The minimum Gasteiger partial charge on any atom is -0.497 e. The number of fused-ring (bicyclic) bond motifs is 1. The molecule has 2 amide bonds. The molecule has 0 atom stereocenters. The van der Waals surface area contributed by atoms with Crippen LogP contribution in [0.25, 0.3) is 22.2 Å². The number of hydrogen-bond acceptors (Lipinski definition) is 5. The van der Waals surface area contributed by atoms with E-state index < -0.39 is 11.6 Å². The van der Waals surface area contributed by atoms with Crippen LogP contribution in [0.4, 0.5) is 16.2 Å². The van der Waals surface area contributed by atoms with Gasteiger partial charge in [0, 0.05) is 23.8 Å². The lowest BCUT2D eigenvalue weighted by molar-refractivity contribution is 0.257. The molecule has 4 aromatic rings. The van der Waals surface area contributed by atoms with Crippen molar-refractivity contribution in [1.29, 1.82) is 5.26 Å². The molecule has 200 valence electrons. The Labute approximate surface area is 228 Å². The van der Waals surface area contributed by atoms with Crippen LogP contribution < -0.4 is 20.5 Å². The third kappa shape index (κ3) is 5.93. The highest BCUT2D eigenvalue weighted by molar-refractivity contribution is 6.03. The molecule has 39 heavy (non-hydrogen) atoms. The molecule has 0 saturated carbocycles. The summed E-state index contributed by atoms with van der Waals surface area (Å²) in [5.41, 5.74) is 4.86. The lowest BCUT2D eigenvalue weighted by atomic mass is 9.88. The Hall–Kier alpha value is -4.64. The van der Waals surface area contributed by atoms with Crippen molar-refractivity contribution in [2.45, 2.75) is 46.0 Å². The molecule has 0 unspecified atom stereocenters. The van der Waals surface area contributed by atoms with Gasteiger partial charge in [0.2, 0.25) is 0 Å². The standard InChI is InChI=1S/C31H33N5O3/c1-19(2)25-16-23(21-9-6-11-24(15-21)39-5)17-26(20(3)4)28(25)34-31(38)36(14-8-12-32)27-18-22-10-7-13-33-29(22)35-30(27)37/h6-7,9-11,13,15-20H,8,14H2,1-5H3,(H,34,38)(H,33,35,37). The fourth-order valence-corrected chi connectivity index (χ4v) is 4.60. The molecule has 0 fully saturated rings. The van der Waals surface area contributed by atoms with Crippen LogP contribution in [0.1, 0.15) is 57.1 Å². The first-order chi connectivity index (χ1) is 18.7. The number of amides is 2. The minimum atomic E-state index is -0.475. The average molecular weight is 524 g/mol. The first-order valence-electron chi connectivity index (χ1n) is 13.0. The van der Waals surface area contributed by atoms with Crippen LogP contribution in [0.3, 0.4) is 0 Å². The van der Waals surface area contributed by atoms with E-state index in [4.69, 9.17) is 4.74 Å². The van der Waals surface area contributed by atoms with Crippen molar-refractivity contribution in [3.05, 3.63) is 82.3 Å². The van der Waals surface area contributed by atoms with Crippen LogP contribution in [-0.2, 0) is 0 Å². The summed E-state index contributed by atoms with van der Waals surface area (Å²) in [5, 5.41) is 13.1. The van der Waals surface area contributed by atoms with Crippen molar-refractivity contribution in [3.8, 4) is 22.9 Å². The zero-order valence-corrected chi connectivity index (χ0v) is 22.9. The Morgan fingerprint density at radius 3 is 2.41 bits per heavy atom.